The number of hydrogen-bond acceptors (Lipinski definition) is 2. The highest BCUT2D eigenvalue weighted by Crippen LogP contribution is 2.14. The third kappa shape index (κ3) is 4.54. The van der Waals surface area contributed by atoms with Crippen LogP contribution in [0.15, 0.2) is 24.3 Å². The van der Waals surface area contributed by atoms with Crippen molar-refractivity contribution in [1.29, 1.82) is 0 Å². The zero-order valence-electron chi connectivity index (χ0n) is 10.5. The lowest BCUT2D eigenvalue weighted by Gasteiger charge is -2.28. The van der Waals surface area contributed by atoms with Crippen LogP contribution in [0.2, 0.25) is 0 Å². The Morgan fingerprint density at radius 2 is 1.82 bits per heavy atom. The lowest BCUT2D eigenvalue weighted by molar-refractivity contribution is 0.0805. The van der Waals surface area contributed by atoms with E-state index < -0.39 is 0 Å². The normalized spacial score (nSPS) is 10.9. The number of benzene rings is 1. The predicted molar refractivity (Wildman–Crippen MR) is 73.3 cm³/mol. The number of hydrazine groups is 1. The summed E-state index contributed by atoms with van der Waals surface area (Å²) in [4.78, 5) is 11.9. The minimum atomic E-state index is -0.320. The Balaban J connectivity index is 0.00000256. The van der Waals surface area contributed by atoms with E-state index in [0.29, 0.717) is 5.56 Å². The van der Waals surface area contributed by atoms with Crippen molar-refractivity contribution in [2.45, 2.75) is 33.2 Å². The number of amides is 1. The quantitative estimate of drug-likeness (QED) is 0.664. The smallest absolute Gasteiger partial charge is 0.266 e. The predicted octanol–water partition coefficient (Wildman–Crippen LogP) is 3.32. The molecule has 1 rings (SSSR count). The topological polar surface area (TPSA) is 32.3 Å². The first-order valence-corrected chi connectivity index (χ1v) is 5.49. The van der Waals surface area contributed by atoms with Gasteiger partial charge in [-0.3, -0.25) is 10.2 Å². The largest absolute Gasteiger partial charge is 0.270 e. The molecule has 0 fully saturated rings. The van der Waals surface area contributed by atoms with Crippen LogP contribution >= 0.6 is 24.2 Å². The fraction of sp³-hybridized carbons (Fsp3) is 0.417. The molecule has 17 heavy (non-hydrogen) atoms. The van der Waals surface area contributed by atoms with E-state index in [1.807, 2.05) is 45.9 Å². The van der Waals surface area contributed by atoms with Crippen LogP contribution in [0.25, 0.3) is 0 Å². The lowest BCUT2D eigenvalue weighted by atomic mass is 10.1. The average molecular weight is 277 g/mol. The molecule has 0 aliphatic rings. The zero-order valence-corrected chi connectivity index (χ0v) is 12.0. The Morgan fingerprint density at radius 1 is 1.29 bits per heavy atom. The molecular weight excluding hydrogens is 259 g/mol. The van der Waals surface area contributed by atoms with Gasteiger partial charge in [0.15, 0.2) is 0 Å². The van der Waals surface area contributed by atoms with Crippen molar-refractivity contribution in [1.82, 2.24) is 9.95 Å². The van der Waals surface area contributed by atoms with Gasteiger partial charge in [-0.1, -0.05) is 18.2 Å². The first-order valence-electron chi connectivity index (χ1n) is 5.15. The number of carbonyl (C=O) groups is 1. The van der Waals surface area contributed by atoms with Gasteiger partial charge in [-0.05, 0) is 39.3 Å². The van der Waals surface area contributed by atoms with Gasteiger partial charge in [-0.2, -0.15) is 0 Å². The Kier molecular flexibility index (Phi) is 5.96. The van der Waals surface area contributed by atoms with Crippen LogP contribution in [0, 0.1) is 6.92 Å². The maximum atomic E-state index is 11.9. The van der Waals surface area contributed by atoms with Gasteiger partial charge in [-0.25, -0.2) is 0 Å². The first-order chi connectivity index (χ1) is 7.32. The van der Waals surface area contributed by atoms with E-state index in [4.69, 9.17) is 11.8 Å². The number of nitrogens with one attached hydrogen (secondary N) is 1. The van der Waals surface area contributed by atoms with Crippen LogP contribution in [0.3, 0.4) is 0 Å². The molecule has 0 bridgehead atoms. The van der Waals surface area contributed by atoms with Crippen molar-refractivity contribution < 1.29 is 4.79 Å². The Hall–Kier alpha value is -0.770. The van der Waals surface area contributed by atoms with Gasteiger partial charge in [-0.15, -0.1) is 16.9 Å². The van der Waals surface area contributed by atoms with E-state index in [1.165, 1.54) is 4.53 Å². The molecule has 0 aliphatic heterocycles. The number of rotatable bonds is 2. The molecule has 0 saturated heterocycles. The van der Waals surface area contributed by atoms with E-state index >= 15 is 0 Å². The van der Waals surface area contributed by atoms with E-state index in [9.17, 15) is 4.79 Å². The van der Waals surface area contributed by atoms with E-state index in [0.717, 1.165) is 5.56 Å². The van der Waals surface area contributed by atoms with Crippen molar-refractivity contribution in [3.8, 4) is 0 Å². The van der Waals surface area contributed by atoms with Gasteiger partial charge >= 0.3 is 0 Å². The fourth-order valence-electron chi connectivity index (χ4n) is 1.14. The van der Waals surface area contributed by atoms with Gasteiger partial charge in [0.05, 0.1) is 0 Å². The molecule has 0 unspecified atom stereocenters. The summed E-state index contributed by atoms with van der Waals surface area (Å²) in [7, 11) is 0. The van der Waals surface area contributed by atoms with Crippen molar-refractivity contribution in [2.24, 2.45) is 0 Å². The second-order valence-corrected chi connectivity index (χ2v) is 5.05. The molecular formula is C12H18Cl2N2O. The minimum absolute atomic E-state index is 0. The average Bonchev–Trinajstić information content (AvgIpc) is 2.16. The van der Waals surface area contributed by atoms with Crippen LogP contribution in [0.1, 0.15) is 36.7 Å². The molecule has 0 aromatic heterocycles. The van der Waals surface area contributed by atoms with Gasteiger partial charge < -0.3 is 0 Å². The highest BCUT2D eigenvalue weighted by atomic mass is 35.5. The van der Waals surface area contributed by atoms with Crippen LogP contribution < -0.4 is 5.43 Å². The van der Waals surface area contributed by atoms with Crippen LogP contribution in [0.5, 0.6) is 0 Å². The lowest BCUT2D eigenvalue weighted by Crippen LogP contribution is -2.46. The van der Waals surface area contributed by atoms with Gasteiger partial charge in [0.2, 0.25) is 0 Å². The summed E-state index contributed by atoms with van der Waals surface area (Å²) in [6, 6.07) is 7.40. The molecule has 1 amide bonds. The molecule has 0 saturated carbocycles. The summed E-state index contributed by atoms with van der Waals surface area (Å²) < 4.78 is 1.29. The number of nitrogens with zero attached hydrogens (tertiary/aromatic N) is 1. The Morgan fingerprint density at radius 3 is 2.29 bits per heavy atom. The maximum absolute atomic E-state index is 11.9. The van der Waals surface area contributed by atoms with Gasteiger partial charge in [0.1, 0.15) is 0 Å². The minimum Gasteiger partial charge on any atom is -0.270 e. The van der Waals surface area contributed by atoms with Crippen molar-refractivity contribution >= 4 is 30.1 Å². The van der Waals surface area contributed by atoms with Crippen LogP contribution in [-0.2, 0) is 0 Å². The molecule has 1 aromatic carbocycles. The number of carbonyl (C=O) groups excluding carboxylic acids is 1. The maximum Gasteiger partial charge on any atom is 0.266 e. The second-order valence-electron chi connectivity index (χ2n) is 4.71. The summed E-state index contributed by atoms with van der Waals surface area (Å²) in [6.45, 7) is 7.64. The highest BCUT2D eigenvalue weighted by Gasteiger charge is 2.22. The molecule has 96 valence electrons. The third-order valence-corrected chi connectivity index (χ3v) is 2.77. The zero-order chi connectivity index (χ0) is 12.3. The highest BCUT2D eigenvalue weighted by molar-refractivity contribution is 6.14. The van der Waals surface area contributed by atoms with Gasteiger partial charge in [0.25, 0.3) is 5.91 Å². The van der Waals surface area contributed by atoms with E-state index in [2.05, 4.69) is 5.43 Å². The summed E-state index contributed by atoms with van der Waals surface area (Å²) in [5.74, 6) is -0.192. The van der Waals surface area contributed by atoms with E-state index in [-0.39, 0.29) is 23.9 Å². The van der Waals surface area contributed by atoms with Crippen LogP contribution in [-0.4, -0.2) is 16.0 Å². The first kappa shape index (κ1) is 16.2. The molecule has 3 nitrogen and oxygen atoms in total. The van der Waals surface area contributed by atoms with Crippen molar-refractivity contribution in [3.05, 3.63) is 35.4 Å². The van der Waals surface area contributed by atoms with Crippen molar-refractivity contribution in [2.75, 3.05) is 0 Å². The summed E-state index contributed by atoms with van der Waals surface area (Å²) in [6.07, 6.45) is 0. The molecule has 0 aliphatic carbocycles. The van der Waals surface area contributed by atoms with E-state index in [1.54, 1.807) is 6.07 Å². The monoisotopic (exact) mass is 276 g/mol. The second kappa shape index (κ2) is 6.24. The standard InChI is InChI=1S/C12H17ClN2O.ClH/c1-9-7-5-6-8-10(9)11(16)14-15(13)12(2,3)4;/h5-8H,1-4H3,(H,14,16);1H. The van der Waals surface area contributed by atoms with Crippen LogP contribution in [0.4, 0.5) is 0 Å². The Labute approximate surface area is 114 Å². The molecule has 1 N–H and O–H groups in total. The number of halogens is 2. The summed E-state index contributed by atoms with van der Waals surface area (Å²) in [5, 5.41) is 0. The molecule has 0 spiro atoms. The van der Waals surface area contributed by atoms with Crippen molar-refractivity contribution in [3.63, 3.8) is 0 Å². The summed E-state index contributed by atoms with van der Waals surface area (Å²) >= 11 is 5.96. The molecule has 5 heteroatoms. The fourth-order valence-corrected chi connectivity index (χ4v) is 1.22. The molecule has 0 heterocycles. The Bertz CT molecular complexity index is 388. The van der Waals surface area contributed by atoms with Gasteiger partial charge in [0, 0.05) is 22.9 Å². The number of aryl methyl sites for hydroxylation is 1. The summed E-state index contributed by atoms with van der Waals surface area (Å²) in [5.41, 5.74) is 3.88. The third-order valence-electron chi connectivity index (χ3n) is 2.18. The SMILES string of the molecule is Cc1ccccc1C(=O)NN(Cl)C(C)(C)C.Cl. The molecule has 0 atom stereocenters. The number of hydrogen-bond donors (Lipinski definition) is 1. The molecule has 0 radical (unpaired) electrons. The molecule has 1 aromatic rings.